The molecule has 0 heterocycles. The zero-order valence-electron chi connectivity index (χ0n) is 19.3. The maximum absolute atomic E-state index is 14.1. The van der Waals surface area contributed by atoms with E-state index in [0.717, 1.165) is 11.1 Å². The summed E-state index contributed by atoms with van der Waals surface area (Å²) in [6, 6.07) is 20.3. The van der Waals surface area contributed by atoms with Crippen molar-refractivity contribution < 1.29 is 23.8 Å². The first-order valence-electron chi connectivity index (χ1n) is 11.1. The summed E-state index contributed by atoms with van der Waals surface area (Å²) < 4.78 is 19.3. The van der Waals surface area contributed by atoms with Crippen LogP contribution in [-0.2, 0) is 22.6 Å². The van der Waals surface area contributed by atoms with E-state index in [9.17, 15) is 19.1 Å². The lowest BCUT2D eigenvalue weighted by molar-refractivity contribution is -0.148. The maximum atomic E-state index is 14.1. The van der Waals surface area contributed by atoms with E-state index in [1.165, 1.54) is 19.1 Å². The Morgan fingerprint density at radius 1 is 1.09 bits per heavy atom. The summed E-state index contributed by atoms with van der Waals surface area (Å²) in [5.41, 5.74) is 7.78. The number of carbonyl (C=O) groups excluding carboxylic acids is 1. The van der Waals surface area contributed by atoms with E-state index in [1.807, 2.05) is 42.5 Å². The molecular weight excluding hydrogens is 471 g/mol. The number of hydrogen-bond donors (Lipinski definition) is 3. The molecule has 184 valence electrons. The van der Waals surface area contributed by atoms with Crippen LogP contribution in [0.4, 0.5) is 9.18 Å². The molecule has 35 heavy (non-hydrogen) atoms. The summed E-state index contributed by atoms with van der Waals surface area (Å²) in [5, 5.41) is 12.8. The Bertz CT molecular complexity index is 1160. The molecule has 0 fully saturated rings. The van der Waals surface area contributed by atoms with Gasteiger partial charge in [-0.25, -0.2) is 9.18 Å². The highest BCUT2D eigenvalue weighted by atomic mass is 35.5. The first-order chi connectivity index (χ1) is 16.7. The van der Waals surface area contributed by atoms with Gasteiger partial charge in [0, 0.05) is 23.2 Å². The predicted octanol–water partition coefficient (Wildman–Crippen LogP) is 5.42. The lowest BCUT2D eigenvalue weighted by atomic mass is 9.82. The van der Waals surface area contributed by atoms with Crippen molar-refractivity contribution in [1.29, 1.82) is 0 Å². The van der Waals surface area contributed by atoms with E-state index in [0.29, 0.717) is 22.6 Å². The average Bonchev–Trinajstić information content (AvgIpc) is 2.84. The van der Waals surface area contributed by atoms with E-state index in [4.69, 9.17) is 22.1 Å². The maximum Gasteiger partial charge on any atom is 0.407 e. The topological polar surface area (TPSA) is 102 Å². The van der Waals surface area contributed by atoms with Gasteiger partial charge >= 0.3 is 12.1 Å². The molecule has 0 aliphatic rings. The number of amides is 1. The van der Waals surface area contributed by atoms with E-state index < -0.39 is 23.5 Å². The summed E-state index contributed by atoms with van der Waals surface area (Å²) in [7, 11) is 0. The van der Waals surface area contributed by atoms with E-state index in [1.54, 1.807) is 18.2 Å². The highest BCUT2D eigenvalue weighted by molar-refractivity contribution is 6.30. The quantitative estimate of drug-likeness (QED) is 0.346. The van der Waals surface area contributed by atoms with Crippen molar-refractivity contribution in [2.75, 3.05) is 6.54 Å². The van der Waals surface area contributed by atoms with Gasteiger partial charge in [-0.1, -0.05) is 66.2 Å². The molecule has 1 amide bonds. The van der Waals surface area contributed by atoms with Crippen molar-refractivity contribution in [3.8, 4) is 11.1 Å². The van der Waals surface area contributed by atoms with Gasteiger partial charge in [0.05, 0.1) is 5.41 Å². The Kier molecular flexibility index (Phi) is 8.84. The Morgan fingerprint density at radius 2 is 1.77 bits per heavy atom. The number of nitrogens with two attached hydrogens (primary N) is 1. The number of ether oxygens (including phenoxy) is 1. The summed E-state index contributed by atoms with van der Waals surface area (Å²) in [5.74, 6) is -1.44. The number of halogens is 2. The molecule has 1 unspecified atom stereocenters. The van der Waals surface area contributed by atoms with Crippen LogP contribution >= 0.6 is 11.6 Å². The molecule has 3 rings (SSSR count). The van der Waals surface area contributed by atoms with Gasteiger partial charge in [-0.15, -0.1) is 0 Å². The van der Waals surface area contributed by atoms with Gasteiger partial charge < -0.3 is 20.9 Å². The molecule has 3 aromatic carbocycles. The van der Waals surface area contributed by atoms with Crippen LogP contribution in [0.1, 0.15) is 24.5 Å². The largest absolute Gasteiger partial charge is 0.481 e. The smallest absolute Gasteiger partial charge is 0.407 e. The van der Waals surface area contributed by atoms with Crippen molar-refractivity contribution in [3.63, 3.8) is 0 Å². The lowest BCUT2D eigenvalue weighted by Gasteiger charge is -2.28. The normalized spacial score (nSPS) is 13.5. The number of hydrogen-bond acceptors (Lipinski definition) is 4. The first-order valence-corrected chi connectivity index (χ1v) is 11.5. The van der Waals surface area contributed by atoms with Gasteiger partial charge in [0.25, 0.3) is 0 Å². The standard InChI is InChI=1S/C27H28ClFN2O4/c1-27(25(32)33,17-31-26(34)35-16-19-5-3-2-4-6-19)15-22(30)13-18-7-9-20(10-8-18)23-14-21(28)11-12-24(23)29/h2-12,14,22H,13,15-17,30H2,1H3,(H,31,34)(H,32,33)/t22-,27?/m1/s1. The third-order valence-corrected chi connectivity index (χ3v) is 5.99. The fourth-order valence-electron chi connectivity index (χ4n) is 3.77. The van der Waals surface area contributed by atoms with Crippen LogP contribution < -0.4 is 11.1 Å². The fraction of sp³-hybridized carbons (Fsp3) is 0.259. The molecular formula is C27H28ClFN2O4. The van der Waals surface area contributed by atoms with Crippen LogP contribution in [0.3, 0.4) is 0 Å². The molecule has 0 radical (unpaired) electrons. The molecule has 6 nitrogen and oxygen atoms in total. The van der Waals surface area contributed by atoms with Crippen molar-refractivity contribution in [2.24, 2.45) is 11.1 Å². The highest BCUT2D eigenvalue weighted by Crippen LogP contribution is 2.28. The van der Waals surface area contributed by atoms with E-state index in [-0.39, 0.29) is 25.4 Å². The molecule has 0 aliphatic heterocycles. The van der Waals surface area contributed by atoms with Crippen LogP contribution in [0.5, 0.6) is 0 Å². The van der Waals surface area contributed by atoms with Crippen molar-refractivity contribution >= 4 is 23.7 Å². The second-order valence-corrected chi connectivity index (χ2v) is 9.21. The minimum atomic E-state index is -1.28. The van der Waals surface area contributed by atoms with Crippen LogP contribution in [-0.4, -0.2) is 29.8 Å². The number of rotatable bonds is 10. The minimum Gasteiger partial charge on any atom is -0.481 e. The SMILES string of the molecule is CC(CNC(=O)OCc1ccccc1)(C[C@H](N)Cc1ccc(-c2cc(Cl)ccc2F)cc1)C(=O)O. The zero-order chi connectivity index (χ0) is 25.4. The van der Waals surface area contributed by atoms with Crippen molar-refractivity contribution in [1.82, 2.24) is 5.32 Å². The molecule has 8 heteroatoms. The summed E-state index contributed by atoms with van der Waals surface area (Å²) >= 11 is 5.98. The molecule has 2 atom stereocenters. The van der Waals surface area contributed by atoms with Gasteiger partial charge in [0.15, 0.2) is 0 Å². The van der Waals surface area contributed by atoms with Crippen molar-refractivity contribution in [2.45, 2.75) is 32.4 Å². The third kappa shape index (κ3) is 7.53. The van der Waals surface area contributed by atoms with Gasteiger partial charge in [0.2, 0.25) is 0 Å². The molecule has 0 aromatic heterocycles. The number of carboxylic acids is 1. The molecule has 0 saturated heterocycles. The molecule has 0 spiro atoms. The van der Waals surface area contributed by atoms with E-state index >= 15 is 0 Å². The summed E-state index contributed by atoms with van der Waals surface area (Å²) in [6.07, 6.45) is -0.148. The number of benzene rings is 3. The molecule has 0 bridgehead atoms. The van der Waals surface area contributed by atoms with Crippen LogP contribution in [0.15, 0.2) is 72.8 Å². The number of aliphatic carboxylic acids is 1. The number of nitrogens with one attached hydrogen (secondary N) is 1. The predicted molar refractivity (Wildman–Crippen MR) is 134 cm³/mol. The van der Waals surface area contributed by atoms with Gasteiger partial charge in [0.1, 0.15) is 12.4 Å². The van der Waals surface area contributed by atoms with Crippen molar-refractivity contribution in [3.05, 3.63) is 94.8 Å². The van der Waals surface area contributed by atoms with Crippen LogP contribution in [0, 0.1) is 11.2 Å². The molecule has 4 N–H and O–H groups in total. The average molecular weight is 499 g/mol. The number of alkyl carbamates (subject to hydrolysis) is 1. The van der Waals surface area contributed by atoms with Crippen LogP contribution in [0.25, 0.3) is 11.1 Å². The third-order valence-electron chi connectivity index (χ3n) is 5.76. The van der Waals surface area contributed by atoms with E-state index in [2.05, 4.69) is 5.32 Å². The number of carbonyl (C=O) groups is 2. The second-order valence-electron chi connectivity index (χ2n) is 8.77. The van der Waals surface area contributed by atoms with Gasteiger partial charge in [-0.05, 0) is 54.7 Å². The summed E-state index contributed by atoms with van der Waals surface area (Å²) in [4.78, 5) is 24.0. The Hall–Kier alpha value is -3.42. The molecule has 0 aliphatic carbocycles. The Labute approximate surface area is 208 Å². The summed E-state index contributed by atoms with van der Waals surface area (Å²) in [6.45, 7) is 1.50. The number of carboxylic acid groups (broad SMARTS) is 1. The lowest BCUT2D eigenvalue weighted by Crippen LogP contribution is -2.45. The van der Waals surface area contributed by atoms with Gasteiger partial charge in [-0.2, -0.15) is 0 Å². The molecule has 3 aromatic rings. The minimum absolute atomic E-state index is 0.0883. The monoisotopic (exact) mass is 498 g/mol. The second kappa shape index (κ2) is 11.8. The zero-order valence-corrected chi connectivity index (χ0v) is 20.1. The van der Waals surface area contributed by atoms with Crippen LogP contribution in [0.2, 0.25) is 5.02 Å². The molecule has 0 saturated carbocycles. The Balaban J connectivity index is 1.55. The fourth-order valence-corrected chi connectivity index (χ4v) is 3.94. The van der Waals surface area contributed by atoms with Gasteiger partial charge in [-0.3, -0.25) is 4.79 Å². The highest BCUT2D eigenvalue weighted by Gasteiger charge is 2.35. The Morgan fingerprint density at radius 3 is 2.43 bits per heavy atom. The first kappa shape index (κ1) is 26.2.